The van der Waals surface area contributed by atoms with Crippen LogP contribution in [0.5, 0.6) is 0 Å². The molecule has 0 aromatic heterocycles. The zero-order chi connectivity index (χ0) is 10.8. The van der Waals surface area contributed by atoms with Crippen LogP contribution in [0.25, 0.3) is 0 Å². The number of rotatable bonds is 0. The van der Waals surface area contributed by atoms with Crippen LogP contribution in [0.1, 0.15) is 52.9 Å². The molecule has 0 aromatic rings. The molecule has 4 aliphatic carbocycles. The standard InChI is InChI=1S/C14H23F/c1-13(2,3)14-6-9-4-10(7-14)12(15)11(5-9)8-14/h9-12H,4-8H2,1-3H3. The normalized spacial score (nSPS) is 53.6. The second-order valence-corrected chi connectivity index (χ2v) is 7.44. The molecule has 1 heteroatoms. The van der Waals surface area contributed by atoms with Crippen molar-refractivity contribution < 1.29 is 4.39 Å². The van der Waals surface area contributed by atoms with E-state index in [4.69, 9.17) is 0 Å². The molecule has 4 fully saturated rings. The average Bonchev–Trinajstić information content (AvgIpc) is 2.10. The number of hydrogen-bond acceptors (Lipinski definition) is 0. The molecule has 4 rings (SSSR count). The zero-order valence-electron chi connectivity index (χ0n) is 10.2. The van der Waals surface area contributed by atoms with Gasteiger partial charge in [-0.25, -0.2) is 4.39 Å². The molecule has 0 N–H and O–H groups in total. The molecule has 15 heavy (non-hydrogen) atoms. The van der Waals surface area contributed by atoms with Crippen LogP contribution in [-0.4, -0.2) is 6.17 Å². The molecule has 0 amide bonds. The maximum Gasteiger partial charge on any atom is 0.106 e. The van der Waals surface area contributed by atoms with E-state index in [0.717, 1.165) is 5.92 Å². The molecule has 4 bridgehead atoms. The fourth-order valence-corrected chi connectivity index (χ4v) is 4.88. The minimum Gasteiger partial charge on any atom is -0.247 e. The maximum atomic E-state index is 14.0. The summed E-state index contributed by atoms with van der Waals surface area (Å²) in [6, 6.07) is 0. The summed E-state index contributed by atoms with van der Waals surface area (Å²) in [6.07, 6.45) is 5.65. The largest absolute Gasteiger partial charge is 0.247 e. The van der Waals surface area contributed by atoms with Gasteiger partial charge in [0.2, 0.25) is 0 Å². The SMILES string of the molecule is CC(C)(C)C12CC3CC(C1)C(F)C(C3)C2. The first-order valence-corrected chi connectivity index (χ1v) is 6.55. The Morgan fingerprint density at radius 2 is 1.53 bits per heavy atom. The molecule has 0 heterocycles. The van der Waals surface area contributed by atoms with E-state index in [0.29, 0.717) is 22.7 Å². The lowest BCUT2D eigenvalue weighted by Crippen LogP contribution is -2.56. The Bertz CT molecular complexity index is 260. The van der Waals surface area contributed by atoms with E-state index in [1.165, 1.54) is 32.1 Å². The molecular weight excluding hydrogens is 187 g/mol. The summed E-state index contributed by atoms with van der Waals surface area (Å²) in [4.78, 5) is 0. The van der Waals surface area contributed by atoms with Gasteiger partial charge in [-0.2, -0.15) is 0 Å². The summed E-state index contributed by atoms with van der Waals surface area (Å²) in [5.74, 6) is 1.68. The van der Waals surface area contributed by atoms with Crippen molar-refractivity contribution in [1.29, 1.82) is 0 Å². The highest BCUT2D eigenvalue weighted by Gasteiger charge is 2.59. The van der Waals surface area contributed by atoms with Crippen LogP contribution in [-0.2, 0) is 0 Å². The van der Waals surface area contributed by atoms with E-state index < -0.39 is 6.17 Å². The Hall–Kier alpha value is -0.0700. The summed E-state index contributed by atoms with van der Waals surface area (Å²) >= 11 is 0. The molecule has 86 valence electrons. The fraction of sp³-hybridized carbons (Fsp3) is 1.00. The van der Waals surface area contributed by atoms with Crippen molar-refractivity contribution in [3.05, 3.63) is 0 Å². The van der Waals surface area contributed by atoms with Gasteiger partial charge >= 0.3 is 0 Å². The first-order chi connectivity index (χ1) is 6.91. The molecule has 2 atom stereocenters. The van der Waals surface area contributed by atoms with Crippen molar-refractivity contribution in [2.75, 3.05) is 0 Å². The fourth-order valence-electron chi connectivity index (χ4n) is 4.88. The van der Waals surface area contributed by atoms with Gasteiger partial charge < -0.3 is 0 Å². The van der Waals surface area contributed by atoms with Gasteiger partial charge in [0.15, 0.2) is 0 Å². The van der Waals surface area contributed by atoms with Crippen molar-refractivity contribution in [2.24, 2.45) is 28.6 Å². The van der Waals surface area contributed by atoms with Crippen molar-refractivity contribution in [1.82, 2.24) is 0 Å². The van der Waals surface area contributed by atoms with Gasteiger partial charge in [0.1, 0.15) is 6.17 Å². The highest BCUT2D eigenvalue weighted by atomic mass is 19.1. The third-order valence-corrected chi connectivity index (χ3v) is 5.75. The van der Waals surface area contributed by atoms with Crippen molar-refractivity contribution in [3.8, 4) is 0 Å². The average molecular weight is 210 g/mol. The van der Waals surface area contributed by atoms with Crippen LogP contribution in [0.4, 0.5) is 4.39 Å². The van der Waals surface area contributed by atoms with E-state index in [1.807, 2.05) is 0 Å². The minimum absolute atomic E-state index is 0.378. The van der Waals surface area contributed by atoms with E-state index in [9.17, 15) is 4.39 Å². The number of alkyl halides is 1. The Morgan fingerprint density at radius 3 is 2.00 bits per heavy atom. The zero-order valence-corrected chi connectivity index (χ0v) is 10.2. The van der Waals surface area contributed by atoms with Crippen LogP contribution in [0.2, 0.25) is 0 Å². The van der Waals surface area contributed by atoms with E-state index in [-0.39, 0.29) is 0 Å². The quantitative estimate of drug-likeness (QED) is 0.562. The topological polar surface area (TPSA) is 0 Å². The smallest absolute Gasteiger partial charge is 0.106 e. The van der Waals surface area contributed by atoms with Crippen molar-refractivity contribution in [2.45, 2.75) is 59.0 Å². The van der Waals surface area contributed by atoms with Crippen LogP contribution >= 0.6 is 0 Å². The number of halogens is 1. The molecular formula is C14H23F. The highest BCUT2D eigenvalue weighted by molar-refractivity contribution is 5.08. The second kappa shape index (κ2) is 2.78. The van der Waals surface area contributed by atoms with Gasteiger partial charge in [0, 0.05) is 0 Å². The van der Waals surface area contributed by atoms with E-state index in [2.05, 4.69) is 20.8 Å². The first kappa shape index (κ1) is 10.1. The Kier molecular flexibility index (Phi) is 1.88. The van der Waals surface area contributed by atoms with Crippen LogP contribution in [0.3, 0.4) is 0 Å². The highest BCUT2D eigenvalue weighted by Crippen LogP contribution is 2.66. The predicted molar refractivity (Wildman–Crippen MR) is 60.3 cm³/mol. The molecule has 0 nitrogen and oxygen atoms in total. The molecule has 0 radical (unpaired) electrons. The van der Waals surface area contributed by atoms with Crippen LogP contribution in [0.15, 0.2) is 0 Å². The third kappa shape index (κ3) is 1.24. The lowest BCUT2D eigenvalue weighted by atomic mass is 9.43. The first-order valence-electron chi connectivity index (χ1n) is 6.55. The molecule has 2 unspecified atom stereocenters. The van der Waals surface area contributed by atoms with Crippen molar-refractivity contribution >= 4 is 0 Å². The van der Waals surface area contributed by atoms with Gasteiger partial charge in [-0.05, 0) is 60.7 Å². The third-order valence-electron chi connectivity index (χ3n) is 5.75. The second-order valence-electron chi connectivity index (χ2n) is 7.44. The van der Waals surface area contributed by atoms with Gasteiger partial charge in [0.05, 0.1) is 0 Å². The minimum atomic E-state index is -0.461. The molecule has 0 aromatic carbocycles. The number of hydrogen-bond donors (Lipinski definition) is 0. The lowest BCUT2D eigenvalue weighted by molar-refractivity contribution is -0.149. The van der Waals surface area contributed by atoms with Gasteiger partial charge in [0.25, 0.3) is 0 Å². The van der Waals surface area contributed by atoms with Crippen molar-refractivity contribution in [3.63, 3.8) is 0 Å². The summed E-state index contributed by atoms with van der Waals surface area (Å²) in [5, 5.41) is 0. The molecule has 4 aliphatic rings. The van der Waals surface area contributed by atoms with Crippen LogP contribution < -0.4 is 0 Å². The summed E-state index contributed by atoms with van der Waals surface area (Å²) in [5.41, 5.74) is 0.856. The van der Waals surface area contributed by atoms with Gasteiger partial charge in [-0.3, -0.25) is 0 Å². The molecule has 0 aliphatic heterocycles. The van der Waals surface area contributed by atoms with Gasteiger partial charge in [-0.1, -0.05) is 20.8 Å². The van der Waals surface area contributed by atoms with E-state index >= 15 is 0 Å². The van der Waals surface area contributed by atoms with Gasteiger partial charge in [-0.15, -0.1) is 0 Å². The molecule has 0 spiro atoms. The Morgan fingerprint density at radius 1 is 1.00 bits per heavy atom. The monoisotopic (exact) mass is 210 g/mol. The van der Waals surface area contributed by atoms with E-state index in [1.54, 1.807) is 0 Å². The molecule has 4 saturated carbocycles. The maximum absolute atomic E-state index is 14.0. The summed E-state index contributed by atoms with van der Waals surface area (Å²) in [6.45, 7) is 7.11. The predicted octanol–water partition coefficient (Wildman–Crippen LogP) is 4.20. The Balaban J connectivity index is 1.96. The summed E-state index contributed by atoms with van der Waals surface area (Å²) in [7, 11) is 0. The Labute approximate surface area is 92.6 Å². The summed E-state index contributed by atoms with van der Waals surface area (Å²) < 4.78 is 14.0. The molecule has 0 saturated heterocycles. The lowest BCUT2D eigenvalue weighted by Gasteiger charge is -2.62. The van der Waals surface area contributed by atoms with Crippen LogP contribution in [0, 0.1) is 28.6 Å².